The molecule has 2 aliphatic rings. The number of carboxylic acids is 1. The lowest BCUT2D eigenvalue weighted by atomic mass is 9.95. The molecule has 1 unspecified atom stereocenters. The van der Waals surface area contributed by atoms with Gasteiger partial charge in [-0.3, -0.25) is 9.69 Å². The molecule has 1 atom stereocenters. The van der Waals surface area contributed by atoms with E-state index in [0.29, 0.717) is 19.6 Å². The van der Waals surface area contributed by atoms with Gasteiger partial charge in [0.1, 0.15) is 11.4 Å². The van der Waals surface area contributed by atoms with E-state index in [1.165, 1.54) is 0 Å². The van der Waals surface area contributed by atoms with Crippen LogP contribution < -0.4 is 0 Å². The molecule has 3 heterocycles. The highest BCUT2D eigenvalue weighted by atomic mass is 16.5. The third kappa shape index (κ3) is 3.00. The molecule has 7 heteroatoms. The summed E-state index contributed by atoms with van der Waals surface area (Å²) in [6.45, 7) is 5.12. The van der Waals surface area contributed by atoms with Gasteiger partial charge in [0.25, 0.3) is 0 Å². The van der Waals surface area contributed by atoms with Crippen molar-refractivity contribution >= 4 is 17.0 Å². The van der Waals surface area contributed by atoms with Crippen LogP contribution in [0.1, 0.15) is 12.2 Å². The van der Waals surface area contributed by atoms with Crippen molar-refractivity contribution in [2.45, 2.75) is 18.4 Å². The maximum Gasteiger partial charge on any atom is 0.326 e. The van der Waals surface area contributed by atoms with Gasteiger partial charge in [-0.05, 0) is 12.1 Å². The molecule has 0 spiro atoms. The number of benzene rings is 1. The number of hydrogen-bond donors (Lipinski definition) is 1. The number of aromatic nitrogens is 2. The van der Waals surface area contributed by atoms with E-state index in [2.05, 4.69) is 27.5 Å². The Balaban J connectivity index is 1.35. The number of aryl methyl sites for hydroxylation is 1. The predicted molar refractivity (Wildman–Crippen MR) is 98.2 cm³/mol. The summed E-state index contributed by atoms with van der Waals surface area (Å²) in [4.78, 5) is 21.0. The average molecular weight is 358 g/mol. The number of carbonyl (C=O) groups is 1. The van der Waals surface area contributed by atoms with Crippen molar-refractivity contribution < 1.29 is 14.6 Å². The summed E-state index contributed by atoms with van der Waals surface area (Å²) < 4.78 is 7.57. The van der Waals surface area contributed by atoms with Gasteiger partial charge in [0, 0.05) is 59.2 Å². The number of ether oxygens (including phenoxy) is 1. The average Bonchev–Trinajstić information content (AvgIpc) is 3.27. The molecule has 140 valence electrons. The van der Waals surface area contributed by atoms with Gasteiger partial charge in [0.2, 0.25) is 0 Å². The van der Waals surface area contributed by atoms with Crippen LogP contribution in [-0.4, -0.2) is 81.9 Å². The number of carboxylic acid groups (broad SMARTS) is 1. The van der Waals surface area contributed by atoms with Gasteiger partial charge >= 0.3 is 5.97 Å². The van der Waals surface area contributed by atoms with E-state index in [4.69, 9.17) is 9.72 Å². The first-order chi connectivity index (χ1) is 12.6. The Hall–Kier alpha value is -1.96. The normalized spacial score (nSPS) is 25.1. The number of fused-ring (bicyclic) bond motifs is 1. The topological polar surface area (TPSA) is 70.8 Å². The molecule has 2 saturated heterocycles. The van der Waals surface area contributed by atoms with Crippen LogP contribution >= 0.6 is 0 Å². The molecule has 0 radical (unpaired) electrons. The van der Waals surface area contributed by atoms with Crippen molar-refractivity contribution in [3.8, 4) is 0 Å². The van der Waals surface area contributed by atoms with Gasteiger partial charge in [-0.2, -0.15) is 0 Å². The van der Waals surface area contributed by atoms with Gasteiger partial charge in [0.05, 0.1) is 17.6 Å². The molecule has 0 amide bonds. The highest BCUT2D eigenvalue weighted by Gasteiger charge is 2.48. The Bertz CT molecular complexity index is 789. The minimum atomic E-state index is -0.816. The monoisotopic (exact) mass is 358 g/mol. The Kier molecular flexibility index (Phi) is 4.69. The van der Waals surface area contributed by atoms with Crippen LogP contribution in [0.15, 0.2) is 24.3 Å². The molecule has 0 bridgehead atoms. The van der Waals surface area contributed by atoms with Crippen LogP contribution in [-0.2, 0) is 23.0 Å². The van der Waals surface area contributed by atoms with Crippen LogP contribution in [0.3, 0.4) is 0 Å². The summed E-state index contributed by atoms with van der Waals surface area (Å²) in [5, 5.41) is 9.69. The van der Waals surface area contributed by atoms with Crippen LogP contribution in [0.2, 0.25) is 0 Å². The SMILES string of the molecule is Cn1c(CCN2CCN(C3(C(=O)O)CCOC3)CC2)nc2ccccc21. The predicted octanol–water partition coefficient (Wildman–Crippen LogP) is 0.977. The van der Waals surface area contributed by atoms with Crippen LogP contribution in [0.4, 0.5) is 0 Å². The number of imidazole rings is 1. The third-order valence-corrected chi connectivity index (χ3v) is 5.91. The van der Waals surface area contributed by atoms with Crippen molar-refractivity contribution in [3.63, 3.8) is 0 Å². The zero-order valence-corrected chi connectivity index (χ0v) is 15.2. The van der Waals surface area contributed by atoms with Crippen molar-refractivity contribution in [3.05, 3.63) is 30.1 Å². The fourth-order valence-corrected chi connectivity index (χ4v) is 4.18. The molecular weight excluding hydrogens is 332 g/mol. The highest BCUT2D eigenvalue weighted by Crippen LogP contribution is 2.28. The summed E-state index contributed by atoms with van der Waals surface area (Å²) in [6, 6.07) is 8.20. The molecule has 7 nitrogen and oxygen atoms in total. The van der Waals surface area contributed by atoms with E-state index >= 15 is 0 Å². The van der Waals surface area contributed by atoms with Crippen LogP contribution in [0.5, 0.6) is 0 Å². The first-order valence-corrected chi connectivity index (χ1v) is 9.29. The molecule has 1 N–H and O–H groups in total. The minimum absolute atomic E-state index is 0.308. The van der Waals surface area contributed by atoms with Crippen molar-refractivity contribution in [2.24, 2.45) is 7.05 Å². The van der Waals surface area contributed by atoms with E-state index in [1.807, 2.05) is 18.2 Å². The second-order valence-corrected chi connectivity index (χ2v) is 7.29. The number of para-hydroxylation sites is 2. The summed E-state index contributed by atoms with van der Waals surface area (Å²) >= 11 is 0. The smallest absolute Gasteiger partial charge is 0.326 e. The standard InChI is InChI=1S/C19H26N4O3/c1-21-16-5-3-2-4-15(16)20-17(21)6-8-22-9-11-23(12-10-22)19(18(24)25)7-13-26-14-19/h2-5H,6-14H2,1H3,(H,24,25). The van der Waals surface area contributed by atoms with E-state index in [0.717, 1.165) is 56.0 Å². The lowest BCUT2D eigenvalue weighted by Gasteiger charge is -2.42. The first kappa shape index (κ1) is 17.5. The largest absolute Gasteiger partial charge is 0.480 e. The molecule has 2 aliphatic heterocycles. The summed E-state index contributed by atoms with van der Waals surface area (Å²) in [7, 11) is 2.07. The van der Waals surface area contributed by atoms with Gasteiger partial charge in [0.15, 0.2) is 0 Å². The second-order valence-electron chi connectivity index (χ2n) is 7.29. The lowest BCUT2D eigenvalue weighted by molar-refractivity contribution is -0.153. The van der Waals surface area contributed by atoms with Crippen molar-refractivity contribution in [2.75, 3.05) is 45.9 Å². The fraction of sp³-hybridized carbons (Fsp3) is 0.579. The maximum atomic E-state index is 11.8. The Morgan fingerprint density at radius 2 is 2.04 bits per heavy atom. The quantitative estimate of drug-likeness (QED) is 0.859. The molecule has 2 aromatic rings. The summed E-state index contributed by atoms with van der Waals surface area (Å²) in [6.07, 6.45) is 1.49. The van der Waals surface area contributed by atoms with Crippen LogP contribution in [0, 0.1) is 0 Å². The zero-order chi connectivity index (χ0) is 18.1. The molecule has 2 fully saturated rings. The molecule has 0 saturated carbocycles. The van der Waals surface area contributed by atoms with Crippen molar-refractivity contribution in [1.82, 2.24) is 19.4 Å². The summed E-state index contributed by atoms with van der Waals surface area (Å²) in [5.41, 5.74) is 1.39. The summed E-state index contributed by atoms with van der Waals surface area (Å²) in [5.74, 6) is 0.350. The minimum Gasteiger partial charge on any atom is -0.480 e. The lowest BCUT2D eigenvalue weighted by Crippen LogP contribution is -2.61. The molecule has 4 rings (SSSR count). The number of rotatable bonds is 5. The van der Waals surface area contributed by atoms with E-state index in [1.54, 1.807) is 0 Å². The molecule has 26 heavy (non-hydrogen) atoms. The van der Waals surface area contributed by atoms with Gasteiger partial charge in [-0.15, -0.1) is 0 Å². The molecule has 1 aromatic carbocycles. The molecular formula is C19H26N4O3. The first-order valence-electron chi connectivity index (χ1n) is 9.29. The molecule has 1 aromatic heterocycles. The number of aliphatic carboxylic acids is 1. The van der Waals surface area contributed by atoms with Crippen molar-refractivity contribution in [1.29, 1.82) is 0 Å². The Morgan fingerprint density at radius 1 is 1.27 bits per heavy atom. The second kappa shape index (κ2) is 6.98. The van der Waals surface area contributed by atoms with E-state index < -0.39 is 11.5 Å². The van der Waals surface area contributed by atoms with Gasteiger partial charge in [-0.1, -0.05) is 12.1 Å². The fourth-order valence-electron chi connectivity index (χ4n) is 4.18. The van der Waals surface area contributed by atoms with Crippen LogP contribution in [0.25, 0.3) is 11.0 Å². The van der Waals surface area contributed by atoms with Gasteiger partial charge < -0.3 is 19.3 Å². The van der Waals surface area contributed by atoms with E-state index in [9.17, 15) is 9.90 Å². The number of nitrogens with zero attached hydrogens (tertiary/aromatic N) is 4. The zero-order valence-electron chi connectivity index (χ0n) is 15.2. The molecule has 0 aliphatic carbocycles. The third-order valence-electron chi connectivity index (χ3n) is 5.91. The number of hydrogen-bond acceptors (Lipinski definition) is 5. The Morgan fingerprint density at radius 3 is 2.69 bits per heavy atom. The van der Waals surface area contributed by atoms with E-state index in [-0.39, 0.29) is 0 Å². The Labute approximate surface area is 153 Å². The highest BCUT2D eigenvalue weighted by molar-refractivity contribution is 5.79. The number of piperazine rings is 1. The maximum absolute atomic E-state index is 11.8. The van der Waals surface area contributed by atoms with Gasteiger partial charge in [-0.25, -0.2) is 4.98 Å².